The highest BCUT2D eigenvalue weighted by Crippen LogP contribution is 2.30. The topological polar surface area (TPSA) is 12.0 Å². The zero-order valence-electron chi connectivity index (χ0n) is 7.48. The highest BCUT2D eigenvalue weighted by Gasteiger charge is 2.24. The van der Waals surface area contributed by atoms with Gasteiger partial charge in [-0.1, -0.05) is 6.42 Å². The van der Waals surface area contributed by atoms with E-state index in [2.05, 4.69) is 17.2 Å². The SMILES string of the molecule is CC#CCC(NC)C1CCC1. The van der Waals surface area contributed by atoms with Gasteiger partial charge < -0.3 is 5.32 Å². The van der Waals surface area contributed by atoms with E-state index in [1.807, 2.05) is 14.0 Å². The third-order valence-corrected chi connectivity index (χ3v) is 2.59. The number of nitrogens with one attached hydrogen (secondary N) is 1. The summed E-state index contributed by atoms with van der Waals surface area (Å²) in [6.07, 6.45) is 5.24. The van der Waals surface area contributed by atoms with Crippen molar-refractivity contribution in [2.45, 2.75) is 38.6 Å². The molecule has 0 bridgehead atoms. The lowest BCUT2D eigenvalue weighted by atomic mass is 9.79. The molecule has 11 heavy (non-hydrogen) atoms. The van der Waals surface area contributed by atoms with Gasteiger partial charge in [0.25, 0.3) is 0 Å². The van der Waals surface area contributed by atoms with Crippen molar-refractivity contribution in [1.29, 1.82) is 0 Å². The molecule has 0 saturated heterocycles. The molecule has 1 saturated carbocycles. The van der Waals surface area contributed by atoms with Gasteiger partial charge in [0.15, 0.2) is 0 Å². The zero-order chi connectivity index (χ0) is 8.10. The monoisotopic (exact) mass is 151 g/mol. The second kappa shape index (κ2) is 4.41. The molecular formula is C10H17N. The summed E-state index contributed by atoms with van der Waals surface area (Å²) in [5.41, 5.74) is 0. The van der Waals surface area contributed by atoms with E-state index in [1.165, 1.54) is 19.3 Å². The Morgan fingerprint density at radius 3 is 2.64 bits per heavy atom. The fourth-order valence-corrected chi connectivity index (χ4v) is 1.56. The smallest absolute Gasteiger partial charge is 0.0245 e. The van der Waals surface area contributed by atoms with Gasteiger partial charge in [0.05, 0.1) is 0 Å². The molecule has 1 nitrogen and oxygen atoms in total. The lowest BCUT2D eigenvalue weighted by Gasteiger charge is -2.32. The Morgan fingerprint density at radius 1 is 1.55 bits per heavy atom. The highest BCUT2D eigenvalue weighted by molar-refractivity contribution is 5.00. The van der Waals surface area contributed by atoms with Gasteiger partial charge in [-0.15, -0.1) is 11.8 Å². The number of rotatable bonds is 3. The molecule has 0 spiro atoms. The fraction of sp³-hybridized carbons (Fsp3) is 0.800. The van der Waals surface area contributed by atoms with E-state index in [0.717, 1.165) is 12.3 Å². The molecule has 0 aromatic carbocycles. The third kappa shape index (κ3) is 2.24. The minimum Gasteiger partial charge on any atom is -0.316 e. The van der Waals surface area contributed by atoms with E-state index in [-0.39, 0.29) is 0 Å². The van der Waals surface area contributed by atoms with E-state index in [9.17, 15) is 0 Å². The molecule has 1 rings (SSSR count). The van der Waals surface area contributed by atoms with Crippen molar-refractivity contribution in [3.8, 4) is 11.8 Å². The first-order valence-corrected chi connectivity index (χ1v) is 4.45. The van der Waals surface area contributed by atoms with E-state index < -0.39 is 0 Å². The summed E-state index contributed by atoms with van der Waals surface area (Å²) >= 11 is 0. The Kier molecular flexibility index (Phi) is 3.45. The van der Waals surface area contributed by atoms with E-state index >= 15 is 0 Å². The van der Waals surface area contributed by atoms with Gasteiger partial charge in [0.2, 0.25) is 0 Å². The molecule has 0 amide bonds. The van der Waals surface area contributed by atoms with Crippen LogP contribution in [0.1, 0.15) is 32.6 Å². The maximum atomic E-state index is 3.34. The molecule has 0 aromatic heterocycles. The van der Waals surface area contributed by atoms with Crippen molar-refractivity contribution >= 4 is 0 Å². The average molecular weight is 151 g/mol. The molecule has 1 heteroatoms. The first-order chi connectivity index (χ1) is 5.38. The summed E-state index contributed by atoms with van der Waals surface area (Å²) in [4.78, 5) is 0. The summed E-state index contributed by atoms with van der Waals surface area (Å²) in [6.45, 7) is 1.91. The van der Waals surface area contributed by atoms with Gasteiger partial charge in [0, 0.05) is 12.5 Å². The van der Waals surface area contributed by atoms with Gasteiger partial charge in [-0.3, -0.25) is 0 Å². The molecule has 0 aliphatic heterocycles. The van der Waals surface area contributed by atoms with Gasteiger partial charge in [0.1, 0.15) is 0 Å². The van der Waals surface area contributed by atoms with Crippen molar-refractivity contribution in [3.63, 3.8) is 0 Å². The van der Waals surface area contributed by atoms with E-state index in [4.69, 9.17) is 0 Å². The Morgan fingerprint density at radius 2 is 2.27 bits per heavy atom. The van der Waals surface area contributed by atoms with Crippen molar-refractivity contribution < 1.29 is 0 Å². The molecule has 1 aliphatic rings. The Labute approximate surface area is 69.6 Å². The maximum absolute atomic E-state index is 3.34. The first-order valence-electron chi connectivity index (χ1n) is 4.45. The van der Waals surface area contributed by atoms with Crippen molar-refractivity contribution in [2.75, 3.05) is 7.05 Å². The second-order valence-electron chi connectivity index (χ2n) is 3.22. The largest absolute Gasteiger partial charge is 0.316 e. The predicted molar refractivity (Wildman–Crippen MR) is 48.3 cm³/mol. The summed E-state index contributed by atoms with van der Waals surface area (Å²) in [6, 6.07) is 0.649. The Bertz CT molecular complexity index is 159. The molecular weight excluding hydrogens is 134 g/mol. The summed E-state index contributed by atoms with van der Waals surface area (Å²) in [7, 11) is 2.04. The van der Waals surface area contributed by atoms with Crippen LogP contribution in [0.25, 0.3) is 0 Å². The molecule has 1 fully saturated rings. The lowest BCUT2D eigenvalue weighted by Crippen LogP contribution is -2.36. The molecule has 62 valence electrons. The van der Waals surface area contributed by atoms with Crippen LogP contribution >= 0.6 is 0 Å². The van der Waals surface area contributed by atoms with Crippen LogP contribution in [0.15, 0.2) is 0 Å². The maximum Gasteiger partial charge on any atom is 0.0245 e. The van der Waals surface area contributed by atoms with Crippen molar-refractivity contribution in [2.24, 2.45) is 5.92 Å². The molecule has 0 heterocycles. The van der Waals surface area contributed by atoms with Crippen LogP contribution in [-0.2, 0) is 0 Å². The molecule has 1 unspecified atom stereocenters. The standard InChI is InChI=1S/C10H17N/c1-3-4-8-10(11-2)9-6-5-7-9/h9-11H,5-8H2,1-2H3. The second-order valence-corrected chi connectivity index (χ2v) is 3.22. The van der Waals surface area contributed by atoms with Crippen LogP contribution in [0.2, 0.25) is 0 Å². The molecule has 1 aliphatic carbocycles. The van der Waals surface area contributed by atoms with Gasteiger partial charge >= 0.3 is 0 Å². The van der Waals surface area contributed by atoms with Crippen LogP contribution in [-0.4, -0.2) is 13.1 Å². The highest BCUT2D eigenvalue weighted by atomic mass is 14.9. The molecule has 0 radical (unpaired) electrons. The Hall–Kier alpha value is -0.480. The minimum atomic E-state index is 0.649. The van der Waals surface area contributed by atoms with Crippen LogP contribution in [0.5, 0.6) is 0 Å². The van der Waals surface area contributed by atoms with Crippen LogP contribution in [0.3, 0.4) is 0 Å². The van der Waals surface area contributed by atoms with Crippen molar-refractivity contribution in [1.82, 2.24) is 5.32 Å². The summed E-state index contributed by atoms with van der Waals surface area (Å²) in [5, 5.41) is 3.34. The summed E-state index contributed by atoms with van der Waals surface area (Å²) < 4.78 is 0. The van der Waals surface area contributed by atoms with Crippen LogP contribution in [0.4, 0.5) is 0 Å². The lowest BCUT2D eigenvalue weighted by molar-refractivity contribution is 0.239. The molecule has 1 atom stereocenters. The Balaban J connectivity index is 2.27. The van der Waals surface area contributed by atoms with Crippen LogP contribution < -0.4 is 5.32 Å². The van der Waals surface area contributed by atoms with E-state index in [1.54, 1.807) is 0 Å². The molecule has 0 aromatic rings. The quantitative estimate of drug-likeness (QED) is 0.606. The summed E-state index contributed by atoms with van der Waals surface area (Å²) in [5.74, 6) is 6.98. The first kappa shape index (κ1) is 8.62. The zero-order valence-corrected chi connectivity index (χ0v) is 7.48. The van der Waals surface area contributed by atoms with Gasteiger partial charge in [-0.2, -0.15) is 0 Å². The normalized spacial score (nSPS) is 19.8. The number of hydrogen-bond donors (Lipinski definition) is 1. The van der Waals surface area contributed by atoms with Crippen molar-refractivity contribution in [3.05, 3.63) is 0 Å². The molecule has 1 N–H and O–H groups in total. The third-order valence-electron chi connectivity index (χ3n) is 2.59. The van der Waals surface area contributed by atoms with Crippen LogP contribution in [0, 0.1) is 17.8 Å². The van der Waals surface area contributed by atoms with Gasteiger partial charge in [-0.25, -0.2) is 0 Å². The predicted octanol–water partition coefficient (Wildman–Crippen LogP) is 1.79. The average Bonchev–Trinajstić information content (AvgIpc) is 1.93. The minimum absolute atomic E-state index is 0.649. The van der Waals surface area contributed by atoms with Gasteiger partial charge in [-0.05, 0) is 32.7 Å². The fourth-order valence-electron chi connectivity index (χ4n) is 1.56. The van der Waals surface area contributed by atoms with E-state index in [0.29, 0.717) is 6.04 Å². The number of hydrogen-bond acceptors (Lipinski definition) is 1.